The highest BCUT2D eigenvalue weighted by atomic mass is 16.2. The van der Waals surface area contributed by atoms with Gasteiger partial charge in [-0.3, -0.25) is 0 Å². The number of nitrogens with one attached hydrogen (secondary N) is 2. The number of hydrogen-bond acceptors (Lipinski definition) is 2. The molecule has 6 heteroatoms. The van der Waals surface area contributed by atoms with Crippen LogP contribution in [0.2, 0.25) is 0 Å². The van der Waals surface area contributed by atoms with Gasteiger partial charge in [-0.15, -0.1) is 0 Å². The second kappa shape index (κ2) is 7.90. The van der Waals surface area contributed by atoms with Crippen LogP contribution in [-0.4, -0.2) is 30.2 Å². The molecule has 15 heavy (non-hydrogen) atoms. The molecule has 0 bridgehead atoms. The van der Waals surface area contributed by atoms with Crippen molar-refractivity contribution in [2.45, 2.75) is 33.1 Å². The second-order valence-corrected chi connectivity index (χ2v) is 3.21. The molecule has 0 aromatic rings. The summed E-state index contributed by atoms with van der Waals surface area (Å²) in [6.45, 7) is 4.94. The third-order valence-corrected chi connectivity index (χ3v) is 1.77. The summed E-state index contributed by atoms with van der Waals surface area (Å²) >= 11 is 0. The summed E-state index contributed by atoms with van der Waals surface area (Å²) in [6, 6.07) is -1.04. The zero-order chi connectivity index (χ0) is 11.7. The number of nitrogens with zero attached hydrogens (tertiary/aromatic N) is 1. The van der Waals surface area contributed by atoms with Gasteiger partial charge < -0.3 is 11.1 Å². The molecule has 0 radical (unpaired) electrons. The van der Waals surface area contributed by atoms with Gasteiger partial charge in [-0.2, -0.15) is 0 Å². The van der Waals surface area contributed by atoms with Gasteiger partial charge in [0.05, 0.1) is 0 Å². The molecule has 0 unspecified atom stereocenters. The maximum Gasteiger partial charge on any atom is 0.333 e. The van der Waals surface area contributed by atoms with Crippen LogP contribution in [0.3, 0.4) is 0 Å². The summed E-state index contributed by atoms with van der Waals surface area (Å²) in [4.78, 5) is 22.1. The van der Waals surface area contributed by atoms with Gasteiger partial charge in [0.15, 0.2) is 0 Å². The lowest BCUT2D eigenvalue weighted by molar-refractivity contribution is 0.174. The second-order valence-electron chi connectivity index (χ2n) is 3.21. The summed E-state index contributed by atoms with van der Waals surface area (Å²) in [7, 11) is 0. The summed E-state index contributed by atoms with van der Waals surface area (Å²) < 4.78 is 0. The van der Waals surface area contributed by atoms with Crippen LogP contribution in [0.25, 0.3) is 0 Å². The van der Waals surface area contributed by atoms with Crippen LogP contribution >= 0.6 is 0 Å². The molecule has 0 saturated heterocycles. The number of unbranched alkanes of at least 4 members (excludes halogenated alkanes) is 1. The molecule has 88 valence electrons. The Kier molecular flexibility index (Phi) is 7.13. The average molecular weight is 216 g/mol. The number of nitrogens with two attached hydrogens (primary N) is 1. The number of amides is 4. The number of carbonyl (C=O) groups is 2. The average Bonchev–Trinajstić information content (AvgIpc) is 2.17. The molecule has 0 atom stereocenters. The van der Waals surface area contributed by atoms with E-state index in [2.05, 4.69) is 10.7 Å². The predicted octanol–water partition coefficient (Wildman–Crippen LogP) is 0.791. The monoisotopic (exact) mass is 216 g/mol. The molecule has 4 N–H and O–H groups in total. The lowest BCUT2D eigenvalue weighted by Gasteiger charge is -2.20. The number of urea groups is 2. The Labute approximate surface area is 90.2 Å². The van der Waals surface area contributed by atoms with Gasteiger partial charge in [0.2, 0.25) is 0 Å². The first-order valence-corrected chi connectivity index (χ1v) is 5.23. The van der Waals surface area contributed by atoms with Gasteiger partial charge in [-0.05, 0) is 12.8 Å². The van der Waals surface area contributed by atoms with Gasteiger partial charge >= 0.3 is 12.1 Å². The summed E-state index contributed by atoms with van der Waals surface area (Å²) in [5.41, 5.74) is 7.46. The zero-order valence-corrected chi connectivity index (χ0v) is 9.38. The highest BCUT2D eigenvalue weighted by Gasteiger charge is 2.10. The molecule has 6 nitrogen and oxygen atoms in total. The Balaban J connectivity index is 3.84. The molecule has 4 amide bonds. The van der Waals surface area contributed by atoms with Gasteiger partial charge in [0.1, 0.15) is 0 Å². The van der Waals surface area contributed by atoms with E-state index < -0.39 is 12.1 Å². The van der Waals surface area contributed by atoms with Crippen molar-refractivity contribution in [3.05, 3.63) is 0 Å². The number of hydrogen-bond donors (Lipinski definition) is 3. The molecule has 0 spiro atoms. The van der Waals surface area contributed by atoms with E-state index in [1.54, 1.807) is 0 Å². The predicted molar refractivity (Wildman–Crippen MR) is 58.0 cm³/mol. The molecule has 0 rings (SSSR count). The van der Waals surface area contributed by atoms with Crippen LogP contribution in [0, 0.1) is 0 Å². The van der Waals surface area contributed by atoms with Crippen molar-refractivity contribution in [2.75, 3.05) is 13.1 Å². The van der Waals surface area contributed by atoms with Gasteiger partial charge in [0.25, 0.3) is 0 Å². The van der Waals surface area contributed by atoms with Crippen LogP contribution < -0.4 is 16.5 Å². The van der Waals surface area contributed by atoms with Crippen molar-refractivity contribution in [1.29, 1.82) is 0 Å². The zero-order valence-electron chi connectivity index (χ0n) is 9.38. The van der Waals surface area contributed by atoms with E-state index in [0.29, 0.717) is 13.1 Å². The van der Waals surface area contributed by atoms with E-state index in [0.717, 1.165) is 24.3 Å². The summed E-state index contributed by atoms with van der Waals surface area (Å²) in [5.74, 6) is 0. The normalized spacial score (nSPS) is 9.47. The third-order valence-electron chi connectivity index (χ3n) is 1.77. The minimum absolute atomic E-state index is 0.393. The molecule has 0 aliphatic heterocycles. The summed E-state index contributed by atoms with van der Waals surface area (Å²) in [5, 5.41) is 3.73. The Morgan fingerprint density at radius 1 is 1.27 bits per heavy atom. The standard InChI is InChI=1S/C9H20N4O2/c1-3-5-6-11-9(15)12-13(7-4-2)8(10)14/h3-7H2,1-2H3,(H2,10,14)(H2,11,12,15). The number of rotatable bonds is 5. The molecule has 0 aliphatic carbocycles. The molecular formula is C9H20N4O2. The van der Waals surface area contributed by atoms with Gasteiger partial charge in [-0.1, -0.05) is 20.3 Å². The van der Waals surface area contributed by atoms with E-state index in [1.807, 2.05) is 13.8 Å². The SMILES string of the molecule is CCCCNC(=O)NN(CCC)C(N)=O. The van der Waals surface area contributed by atoms with Crippen molar-refractivity contribution in [3.63, 3.8) is 0 Å². The topological polar surface area (TPSA) is 87.5 Å². The highest BCUT2D eigenvalue weighted by molar-refractivity contribution is 5.79. The van der Waals surface area contributed by atoms with Crippen LogP contribution in [0.5, 0.6) is 0 Å². The van der Waals surface area contributed by atoms with Crippen molar-refractivity contribution in [3.8, 4) is 0 Å². The van der Waals surface area contributed by atoms with Gasteiger partial charge in [0, 0.05) is 13.1 Å². The van der Waals surface area contributed by atoms with E-state index in [9.17, 15) is 9.59 Å². The van der Waals surface area contributed by atoms with Crippen LogP contribution in [0.4, 0.5) is 9.59 Å². The van der Waals surface area contributed by atoms with E-state index in [4.69, 9.17) is 5.73 Å². The van der Waals surface area contributed by atoms with Crippen LogP contribution in [-0.2, 0) is 0 Å². The molecular weight excluding hydrogens is 196 g/mol. The van der Waals surface area contributed by atoms with Crippen molar-refractivity contribution in [1.82, 2.24) is 15.8 Å². The summed E-state index contributed by atoms with van der Waals surface area (Å²) in [6.07, 6.45) is 2.66. The number of hydrazine groups is 1. The van der Waals surface area contributed by atoms with Crippen LogP contribution in [0.15, 0.2) is 0 Å². The van der Waals surface area contributed by atoms with E-state index in [1.165, 1.54) is 0 Å². The molecule has 0 aliphatic rings. The number of carbonyl (C=O) groups excluding carboxylic acids is 2. The number of primary amides is 1. The quantitative estimate of drug-likeness (QED) is 0.468. The lowest BCUT2D eigenvalue weighted by atomic mass is 10.3. The third kappa shape index (κ3) is 6.59. The van der Waals surface area contributed by atoms with Crippen molar-refractivity contribution in [2.24, 2.45) is 5.73 Å². The van der Waals surface area contributed by atoms with Crippen molar-refractivity contribution >= 4 is 12.1 Å². The molecule has 0 heterocycles. The Bertz CT molecular complexity index is 208. The highest BCUT2D eigenvalue weighted by Crippen LogP contribution is 1.87. The maximum absolute atomic E-state index is 11.2. The van der Waals surface area contributed by atoms with E-state index >= 15 is 0 Å². The smallest absolute Gasteiger partial charge is 0.333 e. The largest absolute Gasteiger partial charge is 0.350 e. The minimum Gasteiger partial charge on any atom is -0.350 e. The maximum atomic E-state index is 11.2. The Morgan fingerprint density at radius 2 is 1.93 bits per heavy atom. The van der Waals surface area contributed by atoms with Crippen molar-refractivity contribution < 1.29 is 9.59 Å². The first-order chi connectivity index (χ1) is 7.11. The van der Waals surface area contributed by atoms with E-state index in [-0.39, 0.29) is 0 Å². The first kappa shape index (κ1) is 13.5. The van der Waals surface area contributed by atoms with Gasteiger partial charge in [-0.25, -0.2) is 20.0 Å². The molecule has 0 fully saturated rings. The molecule has 0 aromatic carbocycles. The lowest BCUT2D eigenvalue weighted by Crippen LogP contribution is -2.52. The Morgan fingerprint density at radius 3 is 2.40 bits per heavy atom. The Hall–Kier alpha value is -1.46. The fourth-order valence-electron chi connectivity index (χ4n) is 0.986. The fourth-order valence-corrected chi connectivity index (χ4v) is 0.986. The first-order valence-electron chi connectivity index (χ1n) is 5.23. The molecule has 0 aromatic heterocycles. The fraction of sp³-hybridized carbons (Fsp3) is 0.778. The minimum atomic E-state index is -0.650. The van der Waals surface area contributed by atoms with Crippen LogP contribution in [0.1, 0.15) is 33.1 Å². The molecule has 0 saturated carbocycles.